The molecule has 0 aromatic heterocycles. The zero-order valence-corrected chi connectivity index (χ0v) is 52.5. The Morgan fingerprint density at radius 1 is 0.135 bits per heavy atom. The first-order valence-electron chi connectivity index (χ1n) is 36.5. The molecule has 0 atom stereocenters. The fourth-order valence-corrected chi connectivity index (χ4v) is 12.4. The lowest BCUT2D eigenvalue weighted by atomic mass is 10.0. The lowest BCUT2D eigenvalue weighted by molar-refractivity contribution is 0.506. The van der Waals surface area contributed by atoms with Crippen LogP contribution in [0.15, 0.2) is 12.7 Å². The number of unbranched alkanes of at least 4 members (excludes halogenated alkanes) is 70. The molecule has 0 bridgehead atoms. The summed E-state index contributed by atoms with van der Waals surface area (Å²) in [6, 6.07) is 0. The Bertz CT molecular complexity index is 917. The van der Waals surface area contributed by atoms with Crippen LogP contribution in [0.25, 0.3) is 0 Å². The van der Waals surface area contributed by atoms with Crippen LogP contribution < -0.4 is 0 Å². The highest BCUT2D eigenvalue weighted by Gasteiger charge is 2.01. The molecule has 74 heavy (non-hydrogen) atoms. The minimum atomic E-state index is 1.21. The van der Waals surface area contributed by atoms with Crippen molar-refractivity contribution in [3.05, 3.63) is 12.7 Å². The molecule has 0 spiro atoms. The lowest BCUT2D eigenvalue weighted by Crippen LogP contribution is -1.85. The van der Waals surface area contributed by atoms with Gasteiger partial charge in [0.15, 0.2) is 0 Å². The highest BCUT2D eigenvalue weighted by atomic mass is 14.1. The molecule has 0 aromatic carbocycles. The molecular formula is C74H148. The summed E-state index contributed by atoms with van der Waals surface area (Å²) in [6.45, 7) is 6.14. The quantitative estimate of drug-likeness (QED) is 0.0421. The first kappa shape index (κ1) is 73.7. The molecule has 0 nitrogen and oxygen atoms in total. The summed E-state index contributed by atoms with van der Waals surface area (Å²) in [5.74, 6) is 0. The summed E-state index contributed by atoms with van der Waals surface area (Å²) in [7, 11) is 0. The zero-order valence-electron chi connectivity index (χ0n) is 52.5. The van der Waals surface area contributed by atoms with E-state index in [0.717, 1.165) is 0 Å². The van der Waals surface area contributed by atoms with Crippen molar-refractivity contribution in [3.63, 3.8) is 0 Å². The van der Waals surface area contributed by atoms with Crippen molar-refractivity contribution in [3.8, 4) is 0 Å². The lowest BCUT2D eigenvalue weighted by Gasteiger charge is -2.05. The SMILES string of the molecule is C=CCCCCCCCCCCCCCCCCCCCCCCCCCCCCCCCCCCCCCCCCCCCCCCCCCCCCCCCCCCCCCCCCCCCCCCCC. The Morgan fingerprint density at radius 2 is 0.216 bits per heavy atom. The molecule has 0 saturated carbocycles. The number of hydrogen-bond acceptors (Lipinski definition) is 0. The maximum atomic E-state index is 3.82. The second-order valence-corrected chi connectivity index (χ2v) is 25.5. The van der Waals surface area contributed by atoms with Gasteiger partial charge in [-0.1, -0.05) is 456 Å². The van der Waals surface area contributed by atoms with Gasteiger partial charge in [-0.2, -0.15) is 0 Å². The van der Waals surface area contributed by atoms with Crippen LogP contribution in [0.1, 0.15) is 463 Å². The van der Waals surface area contributed by atoms with Crippen molar-refractivity contribution in [2.24, 2.45) is 0 Å². The Morgan fingerprint density at radius 3 is 0.297 bits per heavy atom. The summed E-state index contributed by atoms with van der Waals surface area (Å²) in [6.07, 6.45) is 107. The van der Waals surface area contributed by atoms with Crippen molar-refractivity contribution >= 4 is 0 Å². The van der Waals surface area contributed by atoms with E-state index >= 15 is 0 Å². The molecule has 0 aromatic rings. The van der Waals surface area contributed by atoms with Gasteiger partial charge in [0.1, 0.15) is 0 Å². The monoisotopic (exact) mass is 1040 g/mol. The minimum absolute atomic E-state index is 1.21. The average Bonchev–Trinajstić information content (AvgIpc) is 3.41. The normalized spacial score (nSPS) is 11.7. The Labute approximate surface area is 473 Å². The fraction of sp³-hybridized carbons (Fsp3) is 0.973. The first-order valence-corrected chi connectivity index (χ1v) is 36.5. The van der Waals surface area contributed by atoms with Gasteiger partial charge in [0.25, 0.3) is 0 Å². The minimum Gasteiger partial charge on any atom is -0.103 e. The molecule has 0 aliphatic rings. The molecule has 0 fully saturated rings. The van der Waals surface area contributed by atoms with Crippen molar-refractivity contribution in [2.75, 3.05) is 0 Å². The van der Waals surface area contributed by atoms with Crippen LogP contribution in [-0.2, 0) is 0 Å². The summed E-state index contributed by atoms with van der Waals surface area (Å²) in [5, 5.41) is 0. The fourth-order valence-electron chi connectivity index (χ4n) is 12.4. The number of allylic oxidation sites excluding steroid dienone is 1. The average molecular weight is 1040 g/mol. The van der Waals surface area contributed by atoms with Crippen LogP contribution in [0.5, 0.6) is 0 Å². The van der Waals surface area contributed by atoms with Crippen molar-refractivity contribution < 1.29 is 0 Å². The standard InChI is InChI=1S/C74H148/c1-3-5-7-9-11-13-15-17-19-21-23-25-27-29-31-33-35-37-39-41-43-45-47-49-51-53-55-57-59-61-63-65-67-69-71-73-74-72-70-68-66-64-62-60-58-56-54-52-50-48-46-44-42-40-38-36-34-32-30-28-26-24-22-20-18-16-14-12-10-8-6-4-2/h3H,1,4-74H2,2H3. The van der Waals surface area contributed by atoms with Gasteiger partial charge in [-0.05, 0) is 12.8 Å². The topological polar surface area (TPSA) is 0 Å². The molecule has 0 amide bonds. The molecule has 0 unspecified atom stereocenters. The van der Waals surface area contributed by atoms with E-state index in [-0.39, 0.29) is 0 Å². The highest BCUT2D eigenvalue weighted by molar-refractivity contribution is 4.65. The molecule has 0 radical (unpaired) electrons. The van der Waals surface area contributed by atoms with Crippen LogP contribution in [0, 0.1) is 0 Å². The predicted octanol–water partition coefficient (Wildman–Crippen LogP) is 28.9. The smallest absolute Gasteiger partial charge is 0.0353 e. The molecule has 0 N–H and O–H groups in total. The Hall–Kier alpha value is -0.260. The first-order chi connectivity index (χ1) is 36.9. The van der Waals surface area contributed by atoms with Crippen molar-refractivity contribution in [2.45, 2.75) is 463 Å². The van der Waals surface area contributed by atoms with E-state index in [2.05, 4.69) is 19.6 Å². The van der Waals surface area contributed by atoms with Gasteiger partial charge in [-0.15, -0.1) is 6.58 Å². The zero-order chi connectivity index (χ0) is 52.9. The summed E-state index contributed by atoms with van der Waals surface area (Å²) in [5.41, 5.74) is 0. The van der Waals surface area contributed by atoms with Crippen molar-refractivity contribution in [1.29, 1.82) is 0 Å². The molecule has 0 aliphatic heterocycles. The van der Waals surface area contributed by atoms with Gasteiger partial charge >= 0.3 is 0 Å². The van der Waals surface area contributed by atoms with E-state index in [1.807, 2.05) is 0 Å². The van der Waals surface area contributed by atoms with Crippen LogP contribution in [0.3, 0.4) is 0 Å². The largest absolute Gasteiger partial charge is 0.103 e. The summed E-state index contributed by atoms with van der Waals surface area (Å²) in [4.78, 5) is 0. The van der Waals surface area contributed by atoms with Gasteiger partial charge in [0.05, 0.1) is 0 Å². The molecular weight excluding hydrogens is 889 g/mol. The van der Waals surface area contributed by atoms with Crippen LogP contribution in [0.4, 0.5) is 0 Å². The van der Waals surface area contributed by atoms with Gasteiger partial charge < -0.3 is 0 Å². The predicted molar refractivity (Wildman–Crippen MR) is 344 cm³/mol. The maximum Gasteiger partial charge on any atom is -0.0353 e. The third kappa shape index (κ3) is 71.7. The third-order valence-corrected chi connectivity index (χ3v) is 17.8. The summed E-state index contributed by atoms with van der Waals surface area (Å²) >= 11 is 0. The van der Waals surface area contributed by atoms with E-state index in [0.29, 0.717) is 0 Å². The van der Waals surface area contributed by atoms with Crippen molar-refractivity contribution in [1.82, 2.24) is 0 Å². The van der Waals surface area contributed by atoms with Crippen LogP contribution in [-0.4, -0.2) is 0 Å². The van der Waals surface area contributed by atoms with Gasteiger partial charge in [0, 0.05) is 0 Å². The highest BCUT2D eigenvalue weighted by Crippen LogP contribution is 2.21. The van der Waals surface area contributed by atoms with E-state index in [9.17, 15) is 0 Å². The molecule has 0 aliphatic carbocycles. The molecule has 0 saturated heterocycles. The molecule has 0 rings (SSSR count). The van der Waals surface area contributed by atoms with Crippen LogP contribution >= 0.6 is 0 Å². The van der Waals surface area contributed by atoms with Gasteiger partial charge in [-0.3, -0.25) is 0 Å². The maximum absolute atomic E-state index is 3.82. The number of hydrogen-bond donors (Lipinski definition) is 0. The second kappa shape index (κ2) is 72.7. The number of rotatable bonds is 71. The van der Waals surface area contributed by atoms with Gasteiger partial charge in [0.2, 0.25) is 0 Å². The Balaban J connectivity index is 3.07. The third-order valence-electron chi connectivity index (χ3n) is 17.8. The second-order valence-electron chi connectivity index (χ2n) is 25.5. The van der Waals surface area contributed by atoms with Gasteiger partial charge in [-0.25, -0.2) is 0 Å². The molecule has 444 valence electrons. The van der Waals surface area contributed by atoms with E-state index in [1.165, 1.54) is 456 Å². The van der Waals surface area contributed by atoms with E-state index in [1.54, 1.807) is 0 Å². The molecule has 0 heteroatoms. The van der Waals surface area contributed by atoms with E-state index < -0.39 is 0 Å². The molecule has 0 heterocycles. The summed E-state index contributed by atoms with van der Waals surface area (Å²) < 4.78 is 0. The van der Waals surface area contributed by atoms with E-state index in [4.69, 9.17) is 0 Å². The Kier molecular flexibility index (Phi) is 72.5. The van der Waals surface area contributed by atoms with Crippen LogP contribution in [0.2, 0.25) is 0 Å².